The first kappa shape index (κ1) is 22.7. The molecule has 0 saturated carbocycles. The average Bonchev–Trinajstić information content (AvgIpc) is 3.03. The molecule has 6 nitrogen and oxygen atoms in total. The van der Waals surface area contributed by atoms with Crippen LogP contribution in [0, 0.1) is 19.7 Å². The Morgan fingerprint density at radius 2 is 1.76 bits per heavy atom. The third-order valence-corrected chi connectivity index (χ3v) is 5.93. The Labute approximate surface area is 194 Å². The van der Waals surface area contributed by atoms with Crippen LogP contribution < -0.4 is 15.5 Å². The number of carbonyl (C=O) groups is 1. The number of carbonyl (C=O) groups excluding carboxylic acids is 1. The van der Waals surface area contributed by atoms with Crippen LogP contribution in [0.2, 0.25) is 0 Å². The van der Waals surface area contributed by atoms with Gasteiger partial charge in [-0.3, -0.25) is 4.90 Å². The molecule has 0 atom stereocenters. The Kier molecular flexibility index (Phi) is 7.19. The second kappa shape index (κ2) is 10.4. The van der Waals surface area contributed by atoms with Crippen molar-refractivity contribution >= 4 is 23.2 Å². The van der Waals surface area contributed by atoms with Crippen LogP contribution in [0.3, 0.4) is 0 Å². The Bertz CT molecular complexity index is 1080. The van der Waals surface area contributed by atoms with Gasteiger partial charge in [-0.2, -0.15) is 0 Å². The van der Waals surface area contributed by atoms with Crippen LogP contribution in [0.15, 0.2) is 60.8 Å². The molecule has 33 heavy (non-hydrogen) atoms. The number of anilines is 3. The van der Waals surface area contributed by atoms with Gasteiger partial charge >= 0.3 is 6.03 Å². The molecule has 4 rings (SSSR count). The van der Waals surface area contributed by atoms with E-state index in [-0.39, 0.29) is 11.8 Å². The van der Waals surface area contributed by atoms with Gasteiger partial charge in [0.25, 0.3) is 0 Å². The number of hydrogen-bond acceptors (Lipinski definition) is 4. The summed E-state index contributed by atoms with van der Waals surface area (Å²) in [5, 5.41) is 5.78. The van der Waals surface area contributed by atoms with Crippen LogP contribution in [0.25, 0.3) is 0 Å². The predicted octanol–water partition coefficient (Wildman–Crippen LogP) is 5.19. The van der Waals surface area contributed by atoms with E-state index >= 15 is 0 Å². The lowest BCUT2D eigenvalue weighted by Gasteiger charge is -2.23. The van der Waals surface area contributed by atoms with E-state index in [9.17, 15) is 9.18 Å². The number of rotatable bonds is 5. The Balaban J connectivity index is 1.32. The molecule has 2 heterocycles. The van der Waals surface area contributed by atoms with Crippen molar-refractivity contribution in [3.05, 3.63) is 83.3 Å². The topological polar surface area (TPSA) is 60.5 Å². The van der Waals surface area contributed by atoms with E-state index in [1.807, 2.05) is 50.2 Å². The van der Waals surface area contributed by atoms with Gasteiger partial charge in [0.05, 0.1) is 11.9 Å². The largest absolute Gasteiger partial charge is 0.355 e. The van der Waals surface area contributed by atoms with E-state index in [1.54, 1.807) is 18.3 Å². The van der Waals surface area contributed by atoms with Crippen molar-refractivity contribution in [2.24, 2.45) is 0 Å². The number of nitrogens with one attached hydrogen (secondary N) is 2. The number of pyridine rings is 1. The summed E-state index contributed by atoms with van der Waals surface area (Å²) in [6.45, 7) is 8.30. The Morgan fingerprint density at radius 1 is 0.970 bits per heavy atom. The van der Waals surface area contributed by atoms with Crippen molar-refractivity contribution < 1.29 is 9.18 Å². The fraction of sp³-hybridized carbons (Fsp3) is 0.308. The van der Waals surface area contributed by atoms with Crippen LogP contribution in [0.5, 0.6) is 0 Å². The third kappa shape index (κ3) is 6.08. The minimum atomic E-state index is -0.287. The molecule has 2 aromatic carbocycles. The number of benzene rings is 2. The summed E-state index contributed by atoms with van der Waals surface area (Å²) in [6.07, 6.45) is 2.70. The highest BCUT2D eigenvalue weighted by Crippen LogP contribution is 2.21. The normalized spacial score (nSPS) is 14.6. The summed E-state index contributed by atoms with van der Waals surface area (Å²) < 4.78 is 13.5. The molecular formula is C26H30FN5O. The number of aromatic nitrogens is 1. The first-order valence-electron chi connectivity index (χ1n) is 11.3. The monoisotopic (exact) mass is 447 g/mol. The zero-order valence-electron chi connectivity index (χ0n) is 19.1. The lowest BCUT2D eigenvalue weighted by Crippen LogP contribution is -2.31. The molecule has 3 aromatic rings. The molecule has 1 saturated heterocycles. The number of halogens is 1. The molecule has 7 heteroatoms. The SMILES string of the molecule is Cc1cccc(C)c1NC(=O)Nc1ccc(N2CCCN(Cc3cccc(F)c3)CC2)nc1. The summed E-state index contributed by atoms with van der Waals surface area (Å²) in [5.74, 6) is 0.702. The molecule has 0 unspecified atom stereocenters. The van der Waals surface area contributed by atoms with Crippen LogP contribution in [0.1, 0.15) is 23.1 Å². The van der Waals surface area contributed by atoms with E-state index in [4.69, 9.17) is 0 Å². The van der Waals surface area contributed by atoms with E-state index < -0.39 is 0 Å². The highest BCUT2D eigenvalue weighted by molar-refractivity contribution is 6.00. The number of nitrogens with zero attached hydrogens (tertiary/aromatic N) is 3. The molecule has 1 fully saturated rings. The summed E-state index contributed by atoms with van der Waals surface area (Å²) in [5.41, 5.74) is 4.51. The summed E-state index contributed by atoms with van der Waals surface area (Å²) in [4.78, 5) is 21.6. The molecule has 1 aliphatic rings. The number of hydrogen-bond donors (Lipinski definition) is 2. The maximum absolute atomic E-state index is 13.5. The standard InChI is InChI=1S/C26H30FN5O/c1-19-6-3-7-20(2)25(19)30-26(33)29-23-10-11-24(28-17-23)32-13-5-12-31(14-15-32)18-21-8-4-9-22(27)16-21/h3-4,6-11,16-17H,5,12-15,18H2,1-2H3,(H2,29,30,33). The zero-order valence-corrected chi connectivity index (χ0v) is 19.1. The summed E-state index contributed by atoms with van der Waals surface area (Å²) in [7, 11) is 0. The molecule has 0 spiro atoms. The quantitative estimate of drug-likeness (QED) is 0.565. The fourth-order valence-electron chi connectivity index (χ4n) is 4.19. The second-order valence-corrected chi connectivity index (χ2v) is 8.50. The molecule has 1 aliphatic heterocycles. The Hall–Kier alpha value is -3.45. The molecule has 0 bridgehead atoms. The second-order valence-electron chi connectivity index (χ2n) is 8.50. The summed E-state index contributed by atoms with van der Waals surface area (Å²) in [6, 6.07) is 16.3. The van der Waals surface area contributed by atoms with Crippen LogP contribution in [0.4, 0.5) is 26.4 Å². The van der Waals surface area contributed by atoms with Crippen molar-refractivity contribution in [3.8, 4) is 0 Å². The van der Waals surface area contributed by atoms with E-state index in [2.05, 4.69) is 25.4 Å². The fourth-order valence-corrected chi connectivity index (χ4v) is 4.19. The van der Waals surface area contributed by atoms with Crippen LogP contribution >= 0.6 is 0 Å². The zero-order chi connectivity index (χ0) is 23.2. The van der Waals surface area contributed by atoms with E-state index in [0.29, 0.717) is 5.69 Å². The molecule has 2 N–H and O–H groups in total. The van der Waals surface area contributed by atoms with Gasteiger partial charge in [-0.1, -0.05) is 30.3 Å². The van der Waals surface area contributed by atoms with Gasteiger partial charge in [0, 0.05) is 38.4 Å². The first-order valence-corrected chi connectivity index (χ1v) is 11.3. The highest BCUT2D eigenvalue weighted by atomic mass is 19.1. The maximum Gasteiger partial charge on any atom is 0.323 e. The number of amides is 2. The number of urea groups is 1. The van der Waals surface area contributed by atoms with E-state index in [1.165, 1.54) is 6.07 Å². The predicted molar refractivity (Wildman–Crippen MR) is 131 cm³/mol. The van der Waals surface area contributed by atoms with Gasteiger partial charge in [0.1, 0.15) is 11.6 Å². The van der Waals surface area contributed by atoms with Crippen molar-refractivity contribution in [1.82, 2.24) is 9.88 Å². The van der Waals surface area contributed by atoms with Gasteiger partial charge in [0.2, 0.25) is 0 Å². The number of para-hydroxylation sites is 1. The minimum Gasteiger partial charge on any atom is -0.355 e. The van der Waals surface area contributed by atoms with Gasteiger partial charge in [0.15, 0.2) is 0 Å². The summed E-state index contributed by atoms with van der Waals surface area (Å²) >= 11 is 0. The van der Waals surface area contributed by atoms with Crippen molar-refractivity contribution in [3.63, 3.8) is 0 Å². The van der Waals surface area contributed by atoms with Crippen LogP contribution in [-0.4, -0.2) is 42.1 Å². The van der Waals surface area contributed by atoms with E-state index in [0.717, 1.165) is 67.3 Å². The van der Waals surface area contributed by atoms with Crippen molar-refractivity contribution in [1.29, 1.82) is 0 Å². The van der Waals surface area contributed by atoms with Crippen LogP contribution in [-0.2, 0) is 6.54 Å². The molecule has 0 radical (unpaired) electrons. The smallest absolute Gasteiger partial charge is 0.323 e. The highest BCUT2D eigenvalue weighted by Gasteiger charge is 2.17. The average molecular weight is 448 g/mol. The maximum atomic E-state index is 13.5. The lowest BCUT2D eigenvalue weighted by atomic mass is 10.1. The Morgan fingerprint density at radius 3 is 2.48 bits per heavy atom. The van der Waals surface area contributed by atoms with Gasteiger partial charge in [-0.05, 0) is 61.2 Å². The molecule has 2 amide bonds. The molecule has 0 aliphatic carbocycles. The lowest BCUT2D eigenvalue weighted by molar-refractivity contribution is 0.262. The molecule has 1 aromatic heterocycles. The van der Waals surface area contributed by atoms with Gasteiger partial charge in [-0.15, -0.1) is 0 Å². The van der Waals surface area contributed by atoms with Gasteiger partial charge < -0.3 is 15.5 Å². The number of aryl methyl sites for hydroxylation is 2. The minimum absolute atomic E-state index is 0.190. The van der Waals surface area contributed by atoms with Gasteiger partial charge in [-0.25, -0.2) is 14.2 Å². The van der Waals surface area contributed by atoms with Crippen molar-refractivity contribution in [2.45, 2.75) is 26.8 Å². The molecule has 172 valence electrons. The third-order valence-electron chi connectivity index (χ3n) is 5.93. The van der Waals surface area contributed by atoms with Crippen molar-refractivity contribution in [2.75, 3.05) is 41.7 Å². The first-order chi connectivity index (χ1) is 16.0. The molecular weight excluding hydrogens is 417 g/mol.